The molecule has 19 heavy (non-hydrogen) atoms. The second-order valence-electron chi connectivity index (χ2n) is 6.23. The number of hydrogen-bond donors (Lipinski definition) is 1. The van der Waals surface area contributed by atoms with E-state index >= 15 is 0 Å². The average Bonchev–Trinajstić information content (AvgIpc) is 2.62. The maximum Gasteiger partial charge on any atom is 0.115 e. The van der Waals surface area contributed by atoms with Crippen molar-refractivity contribution in [2.24, 2.45) is 0 Å². The van der Waals surface area contributed by atoms with Crippen molar-refractivity contribution in [1.82, 2.24) is 4.90 Å². The zero-order chi connectivity index (χ0) is 13.2. The van der Waals surface area contributed by atoms with Gasteiger partial charge in [-0.2, -0.15) is 0 Å². The van der Waals surface area contributed by atoms with Crippen LogP contribution in [0.5, 0.6) is 5.75 Å². The molecule has 1 N–H and O–H groups in total. The van der Waals surface area contributed by atoms with E-state index in [-0.39, 0.29) is 0 Å². The molecule has 104 valence electrons. The van der Waals surface area contributed by atoms with Gasteiger partial charge < -0.3 is 5.11 Å². The molecule has 0 aromatic heterocycles. The van der Waals surface area contributed by atoms with Gasteiger partial charge in [0.1, 0.15) is 5.75 Å². The zero-order valence-electron chi connectivity index (χ0n) is 11.9. The number of rotatable bonds is 1. The van der Waals surface area contributed by atoms with E-state index in [9.17, 15) is 5.11 Å². The highest BCUT2D eigenvalue weighted by atomic mass is 16.3. The minimum absolute atomic E-state index is 0.420. The van der Waals surface area contributed by atoms with E-state index in [0.717, 1.165) is 6.42 Å². The number of aromatic hydroxyl groups is 1. The molecule has 1 aromatic carbocycles. The molecule has 1 aromatic rings. The van der Waals surface area contributed by atoms with Crippen molar-refractivity contribution in [3.8, 4) is 5.75 Å². The van der Waals surface area contributed by atoms with Crippen LogP contribution in [0.2, 0.25) is 0 Å². The number of fused-ring (bicyclic) bond motifs is 1. The number of hydrogen-bond acceptors (Lipinski definition) is 2. The Kier molecular flexibility index (Phi) is 3.79. The molecule has 1 aliphatic carbocycles. The quantitative estimate of drug-likeness (QED) is 0.823. The summed E-state index contributed by atoms with van der Waals surface area (Å²) < 4.78 is 0. The molecule has 3 rings (SSSR count). The number of benzene rings is 1. The van der Waals surface area contributed by atoms with Crippen molar-refractivity contribution in [1.29, 1.82) is 0 Å². The third-order valence-corrected chi connectivity index (χ3v) is 4.91. The molecule has 0 spiro atoms. The van der Waals surface area contributed by atoms with Crippen LogP contribution in [0.1, 0.15) is 62.6 Å². The van der Waals surface area contributed by atoms with Crippen LogP contribution in [-0.4, -0.2) is 22.6 Å². The Balaban J connectivity index is 1.89. The first-order chi connectivity index (χ1) is 9.25. The molecular formula is C17H25NO. The molecule has 1 heterocycles. The smallest absolute Gasteiger partial charge is 0.115 e. The maximum absolute atomic E-state index is 9.67. The molecular weight excluding hydrogens is 234 g/mol. The number of likely N-dealkylation sites (tertiary alicyclic amines) is 1. The summed E-state index contributed by atoms with van der Waals surface area (Å²) in [5, 5.41) is 9.67. The summed E-state index contributed by atoms with van der Waals surface area (Å²) in [6, 6.07) is 7.28. The molecule has 2 atom stereocenters. The van der Waals surface area contributed by atoms with E-state index in [1.54, 1.807) is 0 Å². The maximum atomic E-state index is 9.67. The minimum atomic E-state index is 0.420. The Bertz CT molecular complexity index is 443. The van der Waals surface area contributed by atoms with E-state index in [4.69, 9.17) is 0 Å². The zero-order valence-corrected chi connectivity index (χ0v) is 11.9. The van der Waals surface area contributed by atoms with Crippen LogP contribution in [0.3, 0.4) is 0 Å². The predicted molar refractivity (Wildman–Crippen MR) is 78.4 cm³/mol. The normalized spacial score (nSPS) is 28.7. The molecule has 2 aliphatic rings. The number of phenolic OH excluding ortho intramolecular Hbond substituents is 1. The lowest BCUT2D eigenvalue weighted by Gasteiger charge is -2.39. The molecule has 1 fully saturated rings. The largest absolute Gasteiger partial charge is 0.508 e. The van der Waals surface area contributed by atoms with Crippen molar-refractivity contribution < 1.29 is 5.11 Å². The van der Waals surface area contributed by atoms with Gasteiger partial charge in [0, 0.05) is 12.1 Å². The first-order valence-corrected chi connectivity index (χ1v) is 7.83. The fraction of sp³-hybridized carbons (Fsp3) is 0.647. The lowest BCUT2D eigenvalue weighted by molar-refractivity contribution is 0.132. The van der Waals surface area contributed by atoms with Gasteiger partial charge in [-0.25, -0.2) is 0 Å². The Labute approximate surface area is 116 Å². The summed E-state index contributed by atoms with van der Waals surface area (Å²) in [5.74, 6) is 0.420. The average molecular weight is 259 g/mol. The highest BCUT2D eigenvalue weighted by Gasteiger charge is 2.29. The highest BCUT2D eigenvalue weighted by Crippen LogP contribution is 2.38. The molecule has 2 nitrogen and oxygen atoms in total. The first kappa shape index (κ1) is 13.0. The number of nitrogens with zero attached hydrogens (tertiary/aromatic N) is 1. The van der Waals surface area contributed by atoms with Crippen LogP contribution in [0.25, 0.3) is 0 Å². The van der Waals surface area contributed by atoms with Gasteiger partial charge in [0.05, 0.1) is 0 Å². The van der Waals surface area contributed by atoms with E-state index in [1.807, 2.05) is 12.1 Å². The SMILES string of the molecule is CC1CCCCCN1C1CCCc2cc(O)ccc21. The summed E-state index contributed by atoms with van der Waals surface area (Å²) in [6.45, 7) is 3.63. The van der Waals surface area contributed by atoms with E-state index in [0.29, 0.717) is 17.8 Å². The third-order valence-electron chi connectivity index (χ3n) is 4.91. The van der Waals surface area contributed by atoms with E-state index in [1.165, 1.54) is 56.2 Å². The summed E-state index contributed by atoms with van der Waals surface area (Å²) in [6.07, 6.45) is 9.11. The first-order valence-electron chi connectivity index (χ1n) is 7.83. The van der Waals surface area contributed by atoms with Crippen LogP contribution in [-0.2, 0) is 6.42 Å². The summed E-state index contributed by atoms with van der Waals surface area (Å²) in [7, 11) is 0. The van der Waals surface area contributed by atoms with E-state index < -0.39 is 0 Å². The Morgan fingerprint density at radius 3 is 2.89 bits per heavy atom. The second kappa shape index (κ2) is 5.54. The second-order valence-corrected chi connectivity index (χ2v) is 6.23. The molecule has 0 amide bonds. The molecule has 1 aliphatic heterocycles. The van der Waals surface area contributed by atoms with Crippen molar-refractivity contribution in [3.63, 3.8) is 0 Å². The molecule has 2 heteroatoms. The fourth-order valence-electron chi connectivity index (χ4n) is 3.88. The Morgan fingerprint density at radius 1 is 1.11 bits per heavy atom. The van der Waals surface area contributed by atoms with Gasteiger partial charge in [-0.1, -0.05) is 18.9 Å². The number of phenols is 1. The van der Waals surface area contributed by atoms with Gasteiger partial charge in [0.15, 0.2) is 0 Å². The van der Waals surface area contributed by atoms with Crippen LogP contribution in [0.4, 0.5) is 0 Å². The van der Waals surface area contributed by atoms with Crippen LogP contribution in [0, 0.1) is 0 Å². The monoisotopic (exact) mass is 259 g/mol. The predicted octanol–water partition coefficient (Wildman–Crippen LogP) is 4.03. The minimum Gasteiger partial charge on any atom is -0.508 e. The fourth-order valence-corrected chi connectivity index (χ4v) is 3.88. The van der Waals surface area contributed by atoms with Gasteiger partial charge in [0.2, 0.25) is 0 Å². The van der Waals surface area contributed by atoms with Crippen LogP contribution >= 0.6 is 0 Å². The summed E-state index contributed by atoms with van der Waals surface area (Å²) in [5.41, 5.74) is 2.84. The lowest BCUT2D eigenvalue weighted by atomic mass is 9.86. The lowest BCUT2D eigenvalue weighted by Crippen LogP contribution is -2.37. The molecule has 0 radical (unpaired) electrons. The molecule has 1 saturated heterocycles. The summed E-state index contributed by atoms with van der Waals surface area (Å²) >= 11 is 0. The molecule has 0 bridgehead atoms. The topological polar surface area (TPSA) is 23.5 Å². The highest BCUT2D eigenvalue weighted by molar-refractivity contribution is 5.38. The third kappa shape index (κ3) is 2.64. The Morgan fingerprint density at radius 2 is 2.00 bits per heavy atom. The standard InChI is InChI=1S/C17H25NO/c1-13-6-3-2-4-11-18(13)17-8-5-7-14-12-15(19)9-10-16(14)17/h9-10,12-13,17,19H,2-8,11H2,1H3. The summed E-state index contributed by atoms with van der Waals surface area (Å²) in [4.78, 5) is 2.72. The van der Waals surface area contributed by atoms with Crippen LogP contribution in [0.15, 0.2) is 18.2 Å². The van der Waals surface area contributed by atoms with Gasteiger partial charge in [-0.15, -0.1) is 0 Å². The van der Waals surface area contributed by atoms with Gasteiger partial charge >= 0.3 is 0 Å². The van der Waals surface area contributed by atoms with Crippen molar-refractivity contribution in [2.45, 2.75) is 64.0 Å². The van der Waals surface area contributed by atoms with E-state index in [2.05, 4.69) is 17.9 Å². The van der Waals surface area contributed by atoms with Gasteiger partial charge in [-0.3, -0.25) is 4.90 Å². The van der Waals surface area contributed by atoms with Gasteiger partial charge in [-0.05, 0) is 68.8 Å². The van der Waals surface area contributed by atoms with Crippen molar-refractivity contribution >= 4 is 0 Å². The Hall–Kier alpha value is -1.02. The number of aryl methyl sites for hydroxylation is 1. The van der Waals surface area contributed by atoms with Crippen molar-refractivity contribution in [3.05, 3.63) is 29.3 Å². The van der Waals surface area contributed by atoms with Crippen LogP contribution < -0.4 is 0 Å². The molecule has 0 saturated carbocycles. The van der Waals surface area contributed by atoms with Gasteiger partial charge in [0.25, 0.3) is 0 Å². The van der Waals surface area contributed by atoms with Crippen molar-refractivity contribution in [2.75, 3.05) is 6.54 Å². The molecule has 2 unspecified atom stereocenters.